The van der Waals surface area contributed by atoms with Crippen molar-refractivity contribution in [3.63, 3.8) is 0 Å². The summed E-state index contributed by atoms with van der Waals surface area (Å²) in [6, 6.07) is 21.2. The molecular formula is C23H24N2O3S. The van der Waals surface area contributed by atoms with Crippen LogP contribution in [0.2, 0.25) is 0 Å². The Morgan fingerprint density at radius 1 is 0.897 bits per heavy atom. The van der Waals surface area contributed by atoms with E-state index in [1.54, 1.807) is 24.3 Å². The van der Waals surface area contributed by atoms with Crippen LogP contribution in [0.1, 0.15) is 27.0 Å². The predicted octanol–water partition coefficient (Wildman–Crippen LogP) is 4.06. The molecule has 0 aliphatic heterocycles. The van der Waals surface area contributed by atoms with Gasteiger partial charge in [-0.25, -0.2) is 8.42 Å². The first kappa shape index (κ1) is 20.6. The van der Waals surface area contributed by atoms with Gasteiger partial charge in [-0.3, -0.25) is 9.10 Å². The number of aryl methyl sites for hydroxylation is 2. The summed E-state index contributed by atoms with van der Waals surface area (Å²) in [5.41, 5.74) is 3.86. The Balaban J connectivity index is 1.82. The second-order valence-corrected chi connectivity index (χ2v) is 8.87. The highest BCUT2D eigenvalue weighted by atomic mass is 32.2. The van der Waals surface area contributed by atoms with Crippen molar-refractivity contribution in [1.29, 1.82) is 0 Å². The molecule has 0 spiro atoms. The van der Waals surface area contributed by atoms with Gasteiger partial charge >= 0.3 is 0 Å². The maximum Gasteiger partial charge on any atom is 0.264 e. The maximum absolute atomic E-state index is 13.1. The van der Waals surface area contributed by atoms with E-state index in [4.69, 9.17) is 0 Å². The molecule has 0 unspecified atom stereocenters. The molecule has 3 aromatic carbocycles. The summed E-state index contributed by atoms with van der Waals surface area (Å²) in [6.45, 7) is 4.22. The van der Waals surface area contributed by atoms with E-state index in [9.17, 15) is 13.2 Å². The molecule has 0 aliphatic carbocycles. The van der Waals surface area contributed by atoms with Crippen molar-refractivity contribution < 1.29 is 13.2 Å². The number of amides is 1. The molecule has 0 atom stereocenters. The summed E-state index contributed by atoms with van der Waals surface area (Å²) < 4.78 is 27.4. The first-order valence-corrected chi connectivity index (χ1v) is 10.7. The Morgan fingerprint density at radius 2 is 1.55 bits per heavy atom. The fourth-order valence-electron chi connectivity index (χ4n) is 3.09. The number of carbonyl (C=O) groups excluding carboxylic acids is 1. The van der Waals surface area contributed by atoms with Crippen molar-refractivity contribution in [3.8, 4) is 0 Å². The largest absolute Gasteiger partial charge is 0.348 e. The van der Waals surface area contributed by atoms with Gasteiger partial charge in [-0.1, -0.05) is 48.5 Å². The van der Waals surface area contributed by atoms with E-state index in [-0.39, 0.29) is 10.8 Å². The number of nitrogens with zero attached hydrogens (tertiary/aromatic N) is 1. The molecule has 0 aliphatic rings. The number of rotatable bonds is 6. The van der Waals surface area contributed by atoms with Crippen LogP contribution in [0.15, 0.2) is 77.7 Å². The van der Waals surface area contributed by atoms with Gasteiger partial charge in [0.2, 0.25) is 0 Å². The lowest BCUT2D eigenvalue weighted by Gasteiger charge is -2.21. The molecule has 3 rings (SSSR count). The molecule has 6 heteroatoms. The minimum Gasteiger partial charge on any atom is -0.348 e. The molecule has 0 bridgehead atoms. The highest BCUT2D eigenvalue weighted by Gasteiger charge is 2.23. The second-order valence-electron chi connectivity index (χ2n) is 6.90. The van der Waals surface area contributed by atoms with Crippen molar-refractivity contribution in [3.05, 3.63) is 95.1 Å². The standard InChI is InChI=1S/C23H24N2O3S/c1-17-9-4-6-11-20(17)16-24-23(26)19-12-8-13-21(15-19)29(27,28)25(3)22-14-7-5-10-18(22)2/h4-15H,16H2,1-3H3,(H,24,26). The van der Waals surface area contributed by atoms with Crippen molar-refractivity contribution >= 4 is 21.6 Å². The van der Waals surface area contributed by atoms with Gasteiger partial charge in [-0.15, -0.1) is 0 Å². The molecule has 0 fully saturated rings. The van der Waals surface area contributed by atoms with Crippen LogP contribution in [0.4, 0.5) is 5.69 Å². The van der Waals surface area contributed by atoms with E-state index in [0.717, 1.165) is 16.7 Å². The fraction of sp³-hybridized carbons (Fsp3) is 0.174. The van der Waals surface area contributed by atoms with Gasteiger partial charge in [0.05, 0.1) is 10.6 Å². The van der Waals surface area contributed by atoms with E-state index in [0.29, 0.717) is 17.8 Å². The molecule has 0 saturated heterocycles. The van der Waals surface area contributed by atoms with E-state index in [1.807, 2.05) is 50.2 Å². The average molecular weight is 409 g/mol. The second kappa shape index (κ2) is 8.49. The third-order valence-corrected chi connectivity index (χ3v) is 6.68. The summed E-state index contributed by atoms with van der Waals surface area (Å²) in [7, 11) is -2.27. The Hall–Kier alpha value is -3.12. The van der Waals surface area contributed by atoms with Crippen molar-refractivity contribution in [2.45, 2.75) is 25.3 Å². The molecule has 5 nitrogen and oxygen atoms in total. The Morgan fingerprint density at radius 3 is 2.24 bits per heavy atom. The van der Waals surface area contributed by atoms with Crippen LogP contribution < -0.4 is 9.62 Å². The first-order chi connectivity index (χ1) is 13.8. The molecule has 0 radical (unpaired) electrons. The van der Waals surface area contributed by atoms with Crippen LogP contribution in [0.5, 0.6) is 0 Å². The Labute approximate surface area is 172 Å². The minimum atomic E-state index is -3.79. The van der Waals surface area contributed by atoms with Gasteiger partial charge in [0, 0.05) is 19.2 Å². The molecule has 1 amide bonds. The van der Waals surface area contributed by atoms with Crippen LogP contribution in [0, 0.1) is 13.8 Å². The normalized spacial score (nSPS) is 11.1. The van der Waals surface area contributed by atoms with E-state index < -0.39 is 10.0 Å². The fourth-order valence-corrected chi connectivity index (χ4v) is 4.39. The van der Waals surface area contributed by atoms with Gasteiger partial charge < -0.3 is 5.32 Å². The zero-order valence-electron chi connectivity index (χ0n) is 16.7. The van der Waals surface area contributed by atoms with Gasteiger partial charge in [0.1, 0.15) is 0 Å². The van der Waals surface area contributed by atoms with Crippen molar-refractivity contribution in [1.82, 2.24) is 5.32 Å². The number of nitrogens with one attached hydrogen (secondary N) is 1. The Bertz CT molecular complexity index is 1140. The van der Waals surface area contributed by atoms with Gasteiger partial charge in [-0.2, -0.15) is 0 Å². The van der Waals surface area contributed by atoms with E-state index in [1.165, 1.54) is 23.5 Å². The maximum atomic E-state index is 13.1. The number of anilines is 1. The van der Waals surface area contributed by atoms with Crippen LogP contribution in [0.25, 0.3) is 0 Å². The van der Waals surface area contributed by atoms with Crippen LogP contribution in [-0.4, -0.2) is 21.4 Å². The van der Waals surface area contributed by atoms with Crippen LogP contribution in [-0.2, 0) is 16.6 Å². The van der Waals surface area contributed by atoms with Gasteiger partial charge in [0.25, 0.3) is 15.9 Å². The lowest BCUT2D eigenvalue weighted by atomic mass is 10.1. The predicted molar refractivity (Wildman–Crippen MR) is 116 cm³/mol. The SMILES string of the molecule is Cc1ccccc1CNC(=O)c1cccc(S(=O)(=O)N(C)c2ccccc2C)c1. The Kier molecular flexibility index (Phi) is 6.03. The summed E-state index contributed by atoms with van der Waals surface area (Å²) in [5, 5.41) is 2.86. The number of hydrogen-bond donors (Lipinski definition) is 1. The molecular weight excluding hydrogens is 384 g/mol. The molecule has 0 aromatic heterocycles. The molecule has 0 heterocycles. The first-order valence-electron chi connectivity index (χ1n) is 9.28. The third-order valence-electron chi connectivity index (χ3n) is 4.91. The highest BCUT2D eigenvalue weighted by molar-refractivity contribution is 7.92. The average Bonchev–Trinajstić information content (AvgIpc) is 2.73. The topological polar surface area (TPSA) is 66.5 Å². The zero-order valence-corrected chi connectivity index (χ0v) is 17.5. The number of sulfonamides is 1. The van der Waals surface area contributed by atoms with Crippen molar-refractivity contribution in [2.24, 2.45) is 0 Å². The summed E-state index contributed by atoms with van der Waals surface area (Å²) >= 11 is 0. The molecule has 29 heavy (non-hydrogen) atoms. The minimum absolute atomic E-state index is 0.0757. The smallest absolute Gasteiger partial charge is 0.264 e. The van der Waals surface area contributed by atoms with Crippen LogP contribution in [0.3, 0.4) is 0 Å². The molecule has 1 N–H and O–H groups in total. The van der Waals surface area contributed by atoms with E-state index in [2.05, 4.69) is 5.32 Å². The third kappa shape index (κ3) is 4.49. The molecule has 3 aromatic rings. The van der Waals surface area contributed by atoms with Gasteiger partial charge in [0.15, 0.2) is 0 Å². The molecule has 150 valence electrons. The lowest BCUT2D eigenvalue weighted by Crippen LogP contribution is -2.28. The quantitative estimate of drug-likeness (QED) is 0.669. The van der Waals surface area contributed by atoms with Crippen molar-refractivity contribution in [2.75, 3.05) is 11.4 Å². The van der Waals surface area contributed by atoms with E-state index >= 15 is 0 Å². The monoisotopic (exact) mass is 408 g/mol. The number of para-hydroxylation sites is 1. The summed E-state index contributed by atoms with van der Waals surface area (Å²) in [6.07, 6.45) is 0. The van der Waals surface area contributed by atoms with Gasteiger partial charge in [-0.05, 0) is 54.8 Å². The highest BCUT2D eigenvalue weighted by Crippen LogP contribution is 2.25. The number of benzene rings is 3. The summed E-state index contributed by atoms with van der Waals surface area (Å²) in [5.74, 6) is -0.316. The summed E-state index contributed by atoms with van der Waals surface area (Å²) in [4.78, 5) is 12.7. The number of hydrogen-bond acceptors (Lipinski definition) is 3. The van der Waals surface area contributed by atoms with Crippen LogP contribution >= 0.6 is 0 Å². The zero-order chi connectivity index (χ0) is 21.0. The molecule has 0 saturated carbocycles. The number of carbonyl (C=O) groups is 1. The lowest BCUT2D eigenvalue weighted by molar-refractivity contribution is 0.0950.